The zero-order valence-electron chi connectivity index (χ0n) is 16.3. The van der Waals surface area contributed by atoms with E-state index in [1.165, 1.54) is 0 Å². The molecule has 154 valence electrons. The number of carbonyl (C=O) groups is 1. The molecule has 0 bridgehead atoms. The number of anilines is 1. The quantitative estimate of drug-likeness (QED) is 0.716. The van der Waals surface area contributed by atoms with Crippen molar-refractivity contribution >= 4 is 33.2 Å². The largest absolute Gasteiger partial charge is 0.312 e. The van der Waals surface area contributed by atoms with E-state index in [4.69, 9.17) is 11.6 Å². The van der Waals surface area contributed by atoms with Crippen molar-refractivity contribution in [2.45, 2.75) is 43.4 Å². The predicted octanol–water partition coefficient (Wildman–Crippen LogP) is 4.04. The van der Waals surface area contributed by atoms with Crippen molar-refractivity contribution < 1.29 is 13.2 Å². The smallest absolute Gasteiger partial charge is 0.243 e. The first-order valence-corrected chi connectivity index (χ1v) is 12.0. The standard InChI is InChI=1S/C22H25ClN2O3S/c23-20-8-2-1-6-17(20)9-12-22(26)25-15-5-7-18-16-19(10-11-21(18)25)29(27,28)24-13-3-4-14-24/h1-2,6,8,10-11,16H,3-5,7,9,12-15H2. The van der Waals surface area contributed by atoms with Crippen molar-refractivity contribution in [2.24, 2.45) is 0 Å². The molecule has 0 saturated carbocycles. The number of rotatable bonds is 5. The van der Waals surface area contributed by atoms with Gasteiger partial charge in [0, 0.05) is 36.8 Å². The van der Waals surface area contributed by atoms with Crippen molar-refractivity contribution in [3.63, 3.8) is 0 Å². The summed E-state index contributed by atoms with van der Waals surface area (Å²) < 4.78 is 27.3. The zero-order valence-corrected chi connectivity index (χ0v) is 17.9. The first kappa shape index (κ1) is 20.4. The number of hydrogen-bond donors (Lipinski definition) is 0. The molecule has 0 radical (unpaired) electrons. The van der Waals surface area contributed by atoms with E-state index < -0.39 is 10.0 Å². The van der Waals surface area contributed by atoms with Crippen molar-refractivity contribution in [1.29, 1.82) is 0 Å². The minimum Gasteiger partial charge on any atom is -0.312 e. The van der Waals surface area contributed by atoms with Crippen LogP contribution in [0.25, 0.3) is 0 Å². The topological polar surface area (TPSA) is 57.7 Å². The van der Waals surface area contributed by atoms with Gasteiger partial charge >= 0.3 is 0 Å². The van der Waals surface area contributed by atoms with Gasteiger partial charge in [-0.25, -0.2) is 8.42 Å². The summed E-state index contributed by atoms with van der Waals surface area (Å²) in [5.74, 6) is 0.0426. The Hall–Kier alpha value is -1.89. The highest BCUT2D eigenvalue weighted by atomic mass is 35.5. The minimum atomic E-state index is -3.45. The summed E-state index contributed by atoms with van der Waals surface area (Å²) in [6, 6.07) is 12.8. The lowest BCUT2D eigenvalue weighted by Gasteiger charge is -2.30. The number of aryl methyl sites for hydroxylation is 2. The van der Waals surface area contributed by atoms with Crippen LogP contribution < -0.4 is 4.90 Å². The molecule has 2 aromatic carbocycles. The fourth-order valence-electron chi connectivity index (χ4n) is 4.15. The van der Waals surface area contributed by atoms with E-state index in [9.17, 15) is 13.2 Å². The Bertz CT molecular complexity index is 1020. The van der Waals surface area contributed by atoms with Crippen LogP contribution in [-0.2, 0) is 27.7 Å². The molecule has 0 atom stereocenters. The van der Waals surface area contributed by atoms with E-state index in [0.29, 0.717) is 42.4 Å². The predicted molar refractivity (Wildman–Crippen MR) is 115 cm³/mol. The summed E-state index contributed by atoms with van der Waals surface area (Å²) in [7, 11) is -3.45. The molecule has 1 saturated heterocycles. The maximum atomic E-state index is 12.9. The summed E-state index contributed by atoms with van der Waals surface area (Å²) >= 11 is 6.20. The van der Waals surface area contributed by atoms with E-state index >= 15 is 0 Å². The average Bonchev–Trinajstić information content (AvgIpc) is 3.28. The minimum absolute atomic E-state index is 0.0426. The van der Waals surface area contributed by atoms with Crippen LogP contribution in [0, 0.1) is 0 Å². The summed E-state index contributed by atoms with van der Waals surface area (Å²) in [6.45, 7) is 1.84. The van der Waals surface area contributed by atoms with E-state index in [-0.39, 0.29) is 5.91 Å². The summed E-state index contributed by atoms with van der Waals surface area (Å²) in [4.78, 5) is 15.0. The van der Waals surface area contributed by atoms with Crippen LogP contribution in [0.4, 0.5) is 5.69 Å². The van der Waals surface area contributed by atoms with Crippen molar-refractivity contribution in [2.75, 3.05) is 24.5 Å². The Balaban J connectivity index is 1.52. The molecular weight excluding hydrogens is 408 g/mol. The molecule has 1 fully saturated rings. The Kier molecular flexibility index (Phi) is 5.95. The molecular formula is C22H25ClN2O3S. The second-order valence-electron chi connectivity index (χ2n) is 7.64. The van der Waals surface area contributed by atoms with E-state index in [0.717, 1.165) is 42.5 Å². The van der Waals surface area contributed by atoms with Gasteiger partial charge in [0.1, 0.15) is 0 Å². The lowest BCUT2D eigenvalue weighted by atomic mass is 10.0. The molecule has 0 spiro atoms. The van der Waals surface area contributed by atoms with Gasteiger partial charge in [0.2, 0.25) is 15.9 Å². The molecule has 5 nitrogen and oxygen atoms in total. The van der Waals surface area contributed by atoms with Crippen LogP contribution in [0.2, 0.25) is 5.02 Å². The van der Waals surface area contributed by atoms with Crippen LogP contribution in [-0.4, -0.2) is 38.3 Å². The number of nitrogens with zero attached hydrogens (tertiary/aromatic N) is 2. The SMILES string of the molecule is O=C(CCc1ccccc1Cl)N1CCCc2cc(S(=O)(=O)N3CCCC3)ccc21. The lowest BCUT2D eigenvalue weighted by molar-refractivity contribution is -0.118. The molecule has 0 N–H and O–H groups in total. The Labute approximate surface area is 177 Å². The number of halogens is 1. The normalized spacial score (nSPS) is 17.3. The Morgan fingerprint density at radius 3 is 2.52 bits per heavy atom. The number of sulfonamides is 1. The van der Waals surface area contributed by atoms with Crippen LogP contribution in [0.15, 0.2) is 47.4 Å². The van der Waals surface area contributed by atoms with Gasteiger partial charge in [-0.2, -0.15) is 4.31 Å². The van der Waals surface area contributed by atoms with Crippen molar-refractivity contribution in [3.8, 4) is 0 Å². The third kappa shape index (κ3) is 4.20. The second-order valence-corrected chi connectivity index (χ2v) is 9.99. The average molecular weight is 433 g/mol. The fourth-order valence-corrected chi connectivity index (χ4v) is 5.95. The monoisotopic (exact) mass is 432 g/mol. The maximum absolute atomic E-state index is 12.9. The van der Waals surface area contributed by atoms with Crippen LogP contribution >= 0.6 is 11.6 Å². The molecule has 0 aromatic heterocycles. The molecule has 2 heterocycles. The molecule has 2 aliphatic heterocycles. The first-order valence-electron chi connectivity index (χ1n) is 10.1. The van der Waals surface area contributed by atoms with E-state index in [1.807, 2.05) is 24.3 Å². The number of hydrogen-bond acceptors (Lipinski definition) is 3. The molecule has 29 heavy (non-hydrogen) atoms. The number of carbonyl (C=O) groups excluding carboxylic acids is 1. The van der Waals surface area contributed by atoms with Gasteiger partial charge in [-0.1, -0.05) is 29.8 Å². The van der Waals surface area contributed by atoms with Crippen molar-refractivity contribution in [1.82, 2.24) is 4.31 Å². The third-order valence-corrected chi connectivity index (χ3v) is 8.00. The number of benzene rings is 2. The molecule has 0 aliphatic carbocycles. The van der Waals surface area contributed by atoms with Gasteiger partial charge in [-0.05, 0) is 67.5 Å². The Morgan fingerprint density at radius 2 is 1.76 bits per heavy atom. The molecule has 2 aromatic rings. The van der Waals surface area contributed by atoms with Crippen LogP contribution in [0.5, 0.6) is 0 Å². The Morgan fingerprint density at radius 1 is 1.00 bits per heavy atom. The van der Waals surface area contributed by atoms with E-state index in [1.54, 1.807) is 27.4 Å². The zero-order chi connectivity index (χ0) is 20.4. The number of fused-ring (bicyclic) bond motifs is 1. The number of amides is 1. The van der Waals surface area contributed by atoms with Gasteiger partial charge in [0.15, 0.2) is 0 Å². The summed E-state index contributed by atoms with van der Waals surface area (Å²) in [5, 5.41) is 0.677. The van der Waals surface area contributed by atoms with Crippen LogP contribution in [0.3, 0.4) is 0 Å². The maximum Gasteiger partial charge on any atom is 0.243 e. The summed E-state index contributed by atoms with van der Waals surface area (Å²) in [6.07, 6.45) is 4.41. The van der Waals surface area contributed by atoms with Gasteiger partial charge in [-0.3, -0.25) is 4.79 Å². The molecule has 4 rings (SSSR count). The first-order chi connectivity index (χ1) is 14.0. The van der Waals surface area contributed by atoms with Gasteiger partial charge in [0.05, 0.1) is 4.90 Å². The molecule has 2 aliphatic rings. The van der Waals surface area contributed by atoms with Crippen molar-refractivity contribution in [3.05, 3.63) is 58.6 Å². The highest BCUT2D eigenvalue weighted by Crippen LogP contribution is 2.32. The molecule has 7 heteroatoms. The van der Waals surface area contributed by atoms with Gasteiger partial charge in [-0.15, -0.1) is 0 Å². The molecule has 1 amide bonds. The van der Waals surface area contributed by atoms with E-state index in [2.05, 4.69) is 0 Å². The van der Waals surface area contributed by atoms with Crippen LogP contribution in [0.1, 0.15) is 36.8 Å². The fraction of sp³-hybridized carbons (Fsp3) is 0.409. The summed E-state index contributed by atoms with van der Waals surface area (Å²) in [5.41, 5.74) is 2.73. The second kappa shape index (κ2) is 8.46. The third-order valence-electron chi connectivity index (χ3n) is 5.74. The van der Waals surface area contributed by atoms with Gasteiger partial charge < -0.3 is 4.90 Å². The highest BCUT2D eigenvalue weighted by Gasteiger charge is 2.29. The highest BCUT2D eigenvalue weighted by molar-refractivity contribution is 7.89. The lowest BCUT2D eigenvalue weighted by Crippen LogP contribution is -2.36. The molecule has 0 unspecified atom stereocenters. The van der Waals surface area contributed by atoms with Gasteiger partial charge in [0.25, 0.3) is 0 Å².